The molecule has 0 saturated heterocycles. The standard InChI is InChI=1S/C22H18ClNO4/c1-14-11-18(23)7-10-20(14)24-21(25)16-5-8-19(9-6-16)28-13-15-3-2-4-17(12-15)22(26)27/h2-12H,13H2,1H3,(H,24,25)(H,26,27). The van der Waals surface area contributed by atoms with Crippen LogP contribution in [-0.4, -0.2) is 17.0 Å². The van der Waals surface area contributed by atoms with Gasteiger partial charge < -0.3 is 15.2 Å². The number of halogens is 1. The smallest absolute Gasteiger partial charge is 0.335 e. The Bertz CT molecular complexity index is 1020. The molecule has 2 N–H and O–H groups in total. The van der Waals surface area contributed by atoms with Gasteiger partial charge in [-0.25, -0.2) is 4.79 Å². The van der Waals surface area contributed by atoms with E-state index in [0.29, 0.717) is 22.0 Å². The number of ether oxygens (including phenoxy) is 1. The number of carbonyl (C=O) groups is 2. The average Bonchev–Trinajstić information content (AvgIpc) is 2.69. The fourth-order valence-electron chi connectivity index (χ4n) is 2.63. The monoisotopic (exact) mass is 395 g/mol. The number of hydrogen-bond acceptors (Lipinski definition) is 3. The first-order valence-corrected chi connectivity index (χ1v) is 8.93. The van der Waals surface area contributed by atoms with E-state index in [-0.39, 0.29) is 18.1 Å². The van der Waals surface area contributed by atoms with Crippen molar-refractivity contribution in [1.82, 2.24) is 0 Å². The molecule has 0 radical (unpaired) electrons. The maximum absolute atomic E-state index is 12.4. The highest BCUT2D eigenvalue weighted by atomic mass is 35.5. The van der Waals surface area contributed by atoms with Crippen molar-refractivity contribution in [3.05, 3.63) is 94.0 Å². The average molecular weight is 396 g/mol. The van der Waals surface area contributed by atoms with Crippen LogP contribution in [0.3, 0.4) is 0 Å². The molecule has 28 heavy (non-hydrogen) atoms. The maximum atomic E-state index is 12.4. The van der Waals surface area contributed by atoms with Gasteiger partial charge in [0.05, 0.1) is 5.56 Å². The Kier molecular flexibility index (Phi) is 5.96. The van der Waals surface area contributed by atoms with Gasteiger partial charge in [0, 0.05) is 16.3 Å². The van der Waals surface area contributed by atoms with E-state index in [1.54, 1.807) is 60.7 Å². The maximum Gasteiger partial charge on any atom is 0.335 e. The second kappa shape index (κ2) is 8.59. The number of rotatable bonds is 6. The third-order valence-electron chi connectivity index (χ3n) is 4.13. The SMILES string of the molecule is Cc1cc(Cl)ccc1NC(=O)c1ccc(OCc2cccc(C(=O)O)c2)cc1. The first kappa shape index (κ1) is 19.5. The molecule has 6 heteroatoms. The van der Waals surface area contributed by atoms with Gasteiger partial charge in [0.2, 0.25) is 0 Å². The Morgan fingerprint density at radius 2 is 1.75 bits per heavy atom. The van der Waals surface area contributed by atoms with Crippen LogP contribution in [0.15, 0.2) is 66.7 Å². The number of nitrogens with one attached hydrogen (secondary N) is 1. The quantitative estimate of drug-likeness (QED) is 0.603. The van der Waals surface area contributed by atoms with E-state index in [1.807, 2.05) is 6.92 Å². The summed E-state index contributed by atoms with van der Waals surface area (Å²) in [5.41, 5.74) is 3.04. The summed E-state index contributed by atoms with van der Waals surface area (Å²) < 4.78 is 5.67. The molecule has 3 rings (SSSR count). The van der Waals surface area contributed by atoms with E-state index in [1.165, 1.54) is 6.07 Å². The minimum Gasteiger partial charge on any atom is -0.489 e. The molecular formula is C22H18ClNO4. The minimum absolute atomic E-state index is 0.214. The number of carboxylic acids is 1. The lowest BCUT2D eigenvalue weighted by Crippen LogP contribution is -2.12. The second-order valence-electron chi connectivity index (χ2n) is 6.23. The molecule has 0 fully saturated rings. The van der Waals surface area contributed by atoms with E-state index >= 15 is 0 Å². The summed E-state index contributed by atoms with van der Waals surface area (Å²) in [5, 5.41) is 12.5. The normalized spacial score (nSPS) is 10.4. The highest BCUT2D eigenvalue weighted by Gasteiger charge is 2.09. The van der Waals surface area contributed by atoms with E-state index in [4.69, 9.17) is 21.4 Å². The molecule has 0 aliphatic heterocycles. The Morgan fingerprint density at radius 3 is 2.43 bits per heavy atom. The van der Waals surface area contributed by atoms with Crippen molar-refractivity contribution in [1.29, 1.82) is 0 Å². The number of aromatic carboxylic acids is 1. The van der Waals surface area contributed by atoms with Crippen LogP contribution in [-0.2, 0) is 6.61 Å². The molecule has 3 aromatic rings. The van der Waals surface area contributed by atoms with Crippen molar-refractivity contribution in [2.75, 3.05) is 5.32 Å². The summed E-state index contributed by atoms with van der Waals surface area (Å²) in [6.07, 6.45) is 0. The van der Waals surface area contributed by atoms with Crippen LogP contribution in [0.1, 0.15) is 31.8 Å². The van der Waals surface area contributed by atoms with Gasteiger partial charge in [-0.3, -0.25) is 4.79 Å². The number of anilines is 1. The van der Waals surface area contributed by atoms with Crippen LogP contribution in [0, 0.1) is 6.92 Å². The molecule has 0 bridgehead atoms. The van der Waals surface area contributed by atoms with Gasteiger partial charge in [0.25, 0.3) is 5.91 Å². The van der Waals surface area contributed by atoms with Crippen molar-refractivity contribution in [3.8, 4) is 5.75 Å². The van der Waals surface area contributed by atoms with Gasteiger partial charge >= 0.3 is 5.97 Å². The van der Waals surface area contributed by atoms with Crippen molar-refractivity contribution < 1.29 is 19.4 Å². The highest BCUT2D eigenvalue weighted by molar-refractivity contribution is 6.30. The topological polar surface area (TPSA) is 75.6 Å². The van der Waals surface area contributed by atoms with Gasteiger partial charge in [0.15, 0.2) is 0 Å². The van der Waals surface area contributed by atoms with Crippen molar-refractivity contribution in [2.24, 2.45) is 0 Å². The van der Waals surface area contributed by atoms with Gasteiger partial charge in [-0.05, 0) is 72.6 Å². The lowest BCUT2D eigenvalue weighted by atomic mass is 10.1. The van der Waals surface area contributed by atoms with E-state index < -0.39 is 5.97 Å². The number of aryl methyl sites for hydroxylation is 1. The molecule has 0 atom stereocenters. The summed E-state index contributed by atoms with van der Waals surface area (Å²) in [4.78, 5) is 23.4. The number of carboxylic acid groups (broad SMARTS) is 1. The molecule has 0 aliphatic rings. The molecule has 0 saturated carbocycles. The largest absolute Gasteiger partial charge is 0.489 e. The van der Waals surface area contributed by atoms with Gasteiger partial charge in [-0.15, -0.1) is 0 Å². The van der Waals surface area contributed by atoms with Crippen molar-refractivity contribution >= 4 is 29.2 Å². The van der Waals surface area contributed by atoms with Crippen LogP contribution >= 0.6 is 11.6 Å². The van der Waals surface area contributed by atoms with Crippen LogP contribution < -0.4 is 10.1 Å². The first-order chi connectivity index (χ1) is 13.4. The van der Waals surface area contributed by atoms with Crippen LogP contribution in [0.4, 0.5) is 5.69 Å². The molecule has 0 aliphatic carbocycles. The molecule has 0 heterocycles. The fourth-order valence-corrected chi connectivity index (χ4v) is 2.85. The summed E-state index contributed by atoms with van der Waals surface area (Å²) in [5.74, 6) is -0.626. The van der Waals surface area contributed by atoms with Crippen LogP contribution in [0.5, 0.6) is 5.75 Å². The predicted molar refractivity (Wildman–Crippen MR) is 108 cm³/mol. The summed E-state index contributed by atoms with van der Waals surface area (Å²) >= 11 is 5.93. The molecule has 5 nitrogen and oxygen atoms in total. The molecule has 3 aromatic carbocycles. The fraction of sp³-hybridized carbons (Fsp3) is 0.0909. The van der Waals surface area contributed by atoms with E-state index in [0.717, 1.165) is 11.1 Å². The molecule has 142 valence electrons. The molecule has 1 amide bonds. The number of carbonyl (C=O) groups excluding carboxylic acids is 1. The Labute approximate surface area is 167 Å². The Hall–Kier alpha value is -3.31. The summed E-state index contributed by atoms with van der Waals surface area (Å²) in [6, 6.07) is 18.6. The highest BCUT2D eigenvalue weighted by Crippen LogP contribution is 2.21. The predicted octanol–water partition coefficient (Wildman–Crippen LogP) is 5.18. The number of amides is 1. The Morgan fingerprint density at radius 1 is 1.00 bits per heavy atom. The van der Waals surface area contributed by atoms with Gasteiger partial charge in [-0.2, -0.15) is 0 Å². The molecule has 0 aromatic heterocycles. The van der Waals surface area contributed by atoms with E-state index in [9.17, 15) is 9.59 Å². The van der Waals surface area contributed by atoms with Crippen LogP contribution in [0.25, 0.3) is 0 Å². The molecular weight excluding hydrogens is 378 g/mol. The van der Waals surface area contributed by atoms with E-state index in [2.05, 4.69) is 5.32 Å². The lowest BCUT2D eigenvalue weighted by molar-refractivity contribution is 0.0696. The first-order valence-electron chi connectivity index (χ1n) is 8.55. The second-order valence-corrected chi connectivity index (χ2v) is 6.67. The third kappa shape index (κ3) is 4.90. The third-order valence-corrected chi connectivity index (χ3v) is 4.37. The minimum atomic E-state index is -0.979. The van der Waals surface area contributed by atoms with Crippen LogP contribution in [0.2, 0.25) is 5.02 Å². The lowest BCUT2D eigenvalue weighted by Gasteiger charge is -2.10. The number of benzene rings is 3. The zero-order chi connectivity index (χ0) is 20.1. The molecule has 0 unspecified atom stereocenters. The summed E-state index contributed by atoms with van der Waals surface area (Å²) in [6.45, 7) is 2.11. The molecule has 0 spiro atoms. The zero-order valence-electron chi connectivity index (χ0n) is 15.1. The van der Waals surface area contributed by atoms with Gasteiger partial charge in [-0.1, -0.05) is 23.7 Å². The van der Waals surface area contributed by atoms with Gasteiger partial charge in [0.1, 0.15) is 12.4 Å². The zero-order valence-corrected chi connectivity index (χ0v) is 15.9. The van der Waals surface area contributed by atoms with Crippen molar-refractivity contribution in [2.45, 2.75) is 13.5 Å². The Balaban J connectivity index is 1.62. The van der Waals surface area contributed by atoms with Crippen molar-refractivity contribution in [3.63, 3.8) is 0 Å². The summed E-state index contributed by atoms with van der Waals surface area (Å²) in [7, 11) is 0. The number of hydrogen-bond donors (Lipinski definition) is 2.